The topological polar surface area (TPSA) is 25.8 Å². The molecule has 4 rings (SSSR count). The zero-order chi connectivity index (χ0) is 28.4. The molecule has 39 heavy (non-hydrogen) atoms. The molecule has 4 aromatic rings. The number of halogens is 9. The molecule has 0 aliphatic carbocycles. The van der Waals surface area contributed by atoms with Gasteiger partial charge in [-0.2, -0.15) is 0 Å². The minimum atomic E-state index is -3.44. The van der Waals surface area contributed by atoms with E-state index in [1.165, 1.54) is 24.5 Å². The number of hydrogen-bond donors (Lipinski definition) is 0. The molecule has 0 spiro atoms. The molecule has 2 nitrogen and oxygen atoms in total. The van der Waals surface area contributed by atoms with Gasteiger partial charge in [-0.3, -0.25) is 0 Å². The molecule has 1 heterocycles. The molecule has 0 saturated carbocycles. The molecule has 0 N–H and O–H groups in total. The lowest BCUT2D eigenvalue weighted by molar-refractivity contribution is 0.141. The van der Waals surface area contributed by atoms with Crippen molar-refractivity contribution in [1.82, 2.24) is 9.97 Å². The van der Waals surface area contributed by atoms with E-state index in [1.54, 1.807) is 0 Å². The number of rotatable bonds is 7. The Kier molecular flexibility index (Phi) is 8.08. The number of alkyl halides is 2. The van der Waals surface area contributed by atoms with Crippen LogP contribution >= 0.6 is 0 Å². The molecule has 0 saturated heterocycles. The lowest BCUT2D eigenvalue weighted by Gasteiger charge is -2.11. The van der Waals surface area contributed by atoms with Crippen LogP contribution in [-0.4, -0.2) is 9.97 Å². The standard InChI is InChI=1S/C28H17F9N2/c1-13(29)27(35)15-3-4-18(19(30)8-15)17-11-38-24(39-12-17)5-2-14-6-20(31)25(21(32)7-14)16-9-22(33)26(28(36)37)23(34)10-16/h3-4,6-12,28H,2,5H2,1H3. The largest absolute Gasteiger partial charge is 0.269 e. The zero-order valence-electron chi connectivity index (χ0n) is 20.0. The van der Waals surface area contributed by atoms with Crippen molar-refractivity contribution in [2.24, 2.45) is 0 Å². The molecule has 0 atom stereocenters. The smallest absolute Gasteiger partial charge is 0.241 e. The van der Waals surface area contributed by atoms with Gasteiger partial charge in [-0.05, 0) is 54.8 Å². The SMILES string of the molecule is CC(F)=C(F)c1ccc(-c2cnc(CCc3cc(F)c(-c4cc(F)c(C(F)F)c(F)c4)c(F)c3)nc2)c(F)c1. The van der Waals surface area contributed by atoms with Crippen molar-refractivity contribution in [1.29, 1.82) is 0 Å². The van der Waals surface area contributed by atoms with E-state index >= 15 is 0 Å². The Morgan fingerprint density at radius 3 is 1.82 bits per heavy atom. The van der Waals surface area contributed by atoms with E-state index in [0.717, 1.165) is 25.1 Å². The first-order chi connectivity index (χ1) is 18.5. The normalized spacial score (nSPS) is 12.2. The van der Waals surface area contributed by atoms with Gasteiger partial charge in [0.2, 0.25) is 0 Å². The minimum absolute atomic E-state index is 0.0452. The van der Waals surface area contributed by atoms with Gasteiger partial charge in [0.25, 0.3) is 6.43 Å². The summed E-state index contributed by atoms with van der Waals surface area (Å²) in [4.78, 5) is 8.19. The second-order valence-electron chi connectivity index (χ2n) is 8.52. The molecular weight excluding hydrogens is 535 g/mol. The molecule has 0 amide bonds. The quantitative estimate of drug-likeness (QED) is 0.214. The third-order valence-electron chi connectivity index (χ3n) is 5.87. The van der Waals surface area contributed by atoms with Crippen molar-refractivity contribution in [3.8, 4) is 22.3 Å². The average Bonchev–Trinajstić information content (AvgIpc) is 2.86. The molecule has 0 fully saturated rings. The van der Waals surface area contributed by atoms with Crippen molar-refractivity contribution in [3.63, 3.8) is 0 Å². The summed E-state index contributed by atoms with van der Waals surface area (Å²) in [6.45, 7) is 0.906. The number of hydrogen-bond acceptors (Lipinski definition) is 2. The van der Waals surface area contributed by atoms with Gasteiger partial charge in [0.05, 0.1) is 11.1 Å². The fraction of sp³-hybridized carbons (Fsp3) is 0.143. The van der Waals surface area contributed by atoms with E-state index in [-0.39, 0.29) is 40.9 Å². The number of benzene rings is 3. The maximum absolute atomic E-state index is 14.7. The van der Waals surface area contributed by atoms with Crippen LogP contribution < -0.4 is 0 Å². The molecule has 0 aliphatic heterocycles. The fourth-order valence-electron chi connectivity index (χ4n) is 3.95. The Bertz CT molecular complexity index is 1510. The van der Waals surface area contributed by atoms with E-state index < -0.39 is 63.9 Å². The van der Waals surface area contributed by atoms with Gasteiger partial charge in [0.1, 0.15) is 40.7 Å². The third kappa shape index (κ3) is 5.97. The van der Waals surface area contributed by atoms with Crippen molar-refractivity contribution < 1.29 is 39.5 Å². The number of allylic oxidation sites excluding steroid dienone is 1. The van der Waals surface area contributed by atoms with Crippen LogP contribution in [0.15, 0.2) is 60.7 Å². The summed E-state index contributed by atoms with van der Waals surface area (Å²) in [6, 6.07) is 6.04. The summed E-state index contributed by atoms with van der Waals surface area (Å²) in [5.74, 6) is -8.41. The molecule has 0 unspecified atom stereocenters. The summed E-state index contributed by atoms with van der Waals surface area (Å²) in [5.41, 5.74) is -2.64. The third-order valence-corrected chi connectivity index (χ3v) is 5.87. The first-order valence-corrected chi connectivity index (χ1v) is 11.3. The summed E-state index contributed by atoms with van der Waals surface area (Å²) in [6.07, 6.45) is -0.686. The van der Waals surface area contributed by atoms with Crippen LogP contribution in [0.3, 0.4) is 0 Å². The molecule has 3 aromatic carbocycles. The monoisotopic (exact) mass is 552 g/mol. The Morgan fingerprint density at radius 1 is 0.718 bits per heavy atom. The molecular formula is C28H17F9N2. The van der Waals surface area contributed by atoms with Crippen molar-refractivity contribution in [2.75, 3.05) is 0 Å². The second-order valence-corrected chi connectivity index (χ2v) is 8.52. The summed E-state index contributed by atoms with van der Waals surface area (Å²) in [7, 11) is 0. The van der Waals surface area contributed by atoms with E-state index in [1.807, 2.05) is 0 Å². The predicted octanol–water partition coefficient (Wildman–Crippen LogP) is 8.86. The van der Waals surface area contributed by atoms with Crippen molar-refractivity contribution in [3.05, 3.63) is 112 Å². The van der Waals surface area contributed by atoms with Gasteiger partial charge < -0.3 is 0 Å². The lowest BCUT2D eigenvalue weighted by atomic mass is 9.98. The number of aryl methyl sites for hydroxylation is 2. The minimum Gasteiger partial charge on any atom is -0.241 e. The van der Waals surface area contributed by atoms with Crippen LogP contribution in [0.25, 0.3) is 28.1 Å². The summed E-state index contributed by atoms with van der Waals surface area (Å²) in [5, 5.41) is 0. The highest BCUT2D eigenvalue weighted by Gasteiger charge is 2.23. The van der Waals surface area contributed by atoms with Gasteiger partial charge in [0, 0.05) is 35.5 Å². The molecule has 0 aliphatic rings. The van der Waals surface area contributed by atoms with Crippen molar-refractivity contribution >= 4 is 5.83 Å². The summed E-state index contributed by atoms with van der Waals surface area (Å²) < 4.78 is 124. The molecule has 0 radical (unpaired) electrons. The number of aromatic nitrogens is 2. The Hall–Kier alpha value is -4.15. The highest BCUT2D eigenvalue weighted by molar-refractivity contribution is 5.68. The Balaban J connectivity index is 1.50. The maximum Gasteiger partial charge on any atom is 0.269 e. The van der Waals surface area contributed by atoms with E-state index in [4.69, 9.17) is 0 Å². The van der Waals surface area contributed by atoms with Crippen LogP contribution in [0.1, 0.15) is 35.9 Å². The highest BCUT2D eigenvalue weighted by Crippen LogP contribution is 2.33. The van der Waals surface area contributed by atoms with Gasteiger partial charge >= 0.3 is 0 Å². The van der Waals surface area contributed by atoms with E-state index in [9.17, 15) is 39.5 Å². The maximum atomic E-state index is 14.7. The van der Waals surface area contributed by atoms with Gasteiger partial charge in [-0.25, -0.2) is 49.5 Å². The zero-order valence-corrected chi connectivity index (χ0v) is 20.0. The Morgan fingerprint density at radius 2 is 1.31 bits per heavy atom. The first kappa shape index (κ1) is 27.9. The van der Waals surface area contributed by atoms with Gasteiger partial charge in [0.15, 0.2) is 5.83 Å². The van der Waals surface area contributed by atoms with Crippen LogP contribution in [0.2, 0.25) is 0 Å². The molecule has 0 bridgehead atoms. The van der Waals surface area contributed by atoms with Crippen LogP contribution in [-0.2, 0) is 12.8 Å². The number of nitrogens with zero attached hydrogens (tertiary/aromatic N) is 2. The van der Waals surface area contributed by atoms with Crippen LogP contribution in [0.4, 0.5) is 39.5 Å². The predicted molar refractivity (Wildman–Crippen MR) is 126 cm³/mol. The molecule has 1 aromatic heterocycles. The average molecular weight is 552 g/mol. The van der Waals surface area contributed by atoms with Gasteiger partial charge in [-0.15, -0.1) is 0 Å². The molecule has 11 heteroatoms. The van der Waals surface area contributed by atoms with Crippen LogP contribution in [0, 0.1) is 29.1 Å². The van der Waals surface area contributed by atoms with Gasteiger partial charge in [-0.1, -0.05) is 12.1 Å². The van der Waals surface area contributed by atoms with Crippen molar-refractivity contribution in [2.45, 2.75) is 26.2 Å². The molecule has 202 valence electrons. The Labute approximate surface area is 216 Å². The van der Waals surface area contributed by atoms with E-state index in [0.29, 0.717) is 12.1 Å². The lowest BCUT2D eigenvalue weighted by Crippen LogP contribution is -2.02. The second kappa shape index (κ2) is 11.3. The first-order valence-electron chi connectivity index (χ1n) is 11.3. The van der Waals surface area contributed by atoms with E-state index in [2.05, 4.69) is 9.97 Å². The highest BCUT2D eigenvalue weighted by atomic mass is 19.3. The fourth-order valence-corrected chi connectivity index (χ4v) is 3.95. The summed E-state index contributed by atoms with van der Waals surface area (Å²) >= 11 is 0. The van der Waals surface area contributed by atoms with Crippen LogP contribution in [0.5, 0.6) is 0 Å².